The van der Waals surface area contributed by atoms with Gasteiger partial charge in [-0.25, -0.2) is 0 Å². The Kier molecular flexibility index (Phi) is 6.77. The van der Waals surface area contributed by atoms with E-state index in [0.29, 0.717) is 24.7 Å². The lowest BCUT2D eigenvalue weighted by molar-refractivity contribution is -0.0280. The molecule has 0 bridgehead atoms. The molecule has 0 saturated heterocycles. The Balaban J connectivity index is 2.19. The molecule has 0 aliphatic heterocycles. The summed E-state index contributed by atoms with van der Waals surface area (Å²) in [5.74, 6) is 1.34. The first-order valence-electron chi connectivity index (χ1n) is 8.83. The van der Waals surface area contributed by atoms with E-state index in [1.807, 2.05) is 56.3 Å². The van der Waals surface area contributed by atoms with Crippen LogP contribution in [0.15, 0.2) is 48.5 Å². The van der Waals surface area contributed by atoms with Crippen LogP contribution in [0.25, 0.3) is 0 Å². The number of hydrogen-bond donors (Lipinski definition) is 0. The molecule has 0 aliphatic rings. The Morgan fingerprint density at radius 1 is 1.08 bits per heavy atom. The first-order chi connectivity index (χ1) is 11.9. The van der Waals surface area contributed by atoms with E-state index >= 15 is 0 Å². The van der Waals surface area contributed by atoms with Crippen LogP contribution in [-0.4, -0.2) is 12.9 Å². The summed E-state index contributed by atoms with van der Waals surface area (Å²) in [6.07, 6.45) is 1.85. The van der Waals surface area contributed by atoms with Crippen LogP contribution in [0.5, 0.6) is 5.75 Å². The third kappa shape index (κ3) is 5.71. The molecule has 0 atom stereocenters. The van der Waals surface area contributed by atoms with Crippen molar-refractivity contribution in [3.05, 3.63) is 65.2 Å². The number of aldehydes is 1. The van der Waals surface area contributed by atoms with Crippen LogP contribution in [0, 0.1) is 5.92 Å². The molecule has 0 radical (unpaired) electrons. The highest BCUT2D eigenvalue weighted by atomic mass is 16.5. The van der Waals surface area contributed by atoms with Crippen LogP contribution in [0.2, 0.25) is 0 Å². The van der Waals surface area contributed by atoms with Gasteiger partial charge in [-0.15, -0.1) is 0 Å². The van der Waals surface area contributed by atoms with Crippen LogP contribution in [0.3, 0.4) is 0 Å². The van der Waals surface area contributed by atoms with E-state index in [9.17, 15) is 4.79 Å². The maximum atomic E-state index is 11.2. The Bertz CT molecular complexity index is 675. The number of ether oxygens (including phenoxy) is 2. The summed E-state index contributed by atoms with van der Waals surface area (Å²) in [4.78, 5) is 11.2. The predicted molar refractivity (Wildman–Crippen MR) is 101 cm³/mol. The van der Waals surface area contributed by atoms with Crippen molar-refractivity contribution in [2.24, 2.45) is 5.92 Å². The van der Waals surface area contributed by atoms with E-state index < -0.39 is 5.60 Å². The summed E-state index contributed by atoms with van der Waals surface area (Å²) in [7, 11) is 0. The molecule has 0 amide bonds. The highest BCUT2D eigenvalue weighted by Crippen LogP contribution is 2.34. The van der Waals surface area contributed by atoms with E-state index in [0.717, 1.165) is 29.6 Å². The SMILES string of the molecule is CC(C)CCOC(C)(C)c1cc(C=O)ccc1OCc1ccccc1. The fourth-order valence-corrected chi connectivity index (χ4v) is 2.58. The van der Waals surface area contributed by atoms with Gasteiger partial charge in [0.05, 0.1) is 5.60 Å². The fraction of sp³-hybridized carbons (Fsp3) is 0.409. The van der Waals surface area contributed by atoms with Crippen LogP contribution >= 0.6 is 0 Å². The van der Waals surface area contributed by atoms with Gasteiger partial charge < -0.3 is 9.47 Å². The molecule has 25 heavy (non-hydrogen) atoms. The number of carbonyl (C=O) groups excluding carboxylic acids is 1. The highest BCUT2D eigenvalue weighted by molar-refractivity contribution is 5.75. The molecule has 0 N–H and O–H groups in total. The van der Waals surface area contributed by atoms with Crippen molar-refractivity contribution in [2.45, 2.75) is 46.3 Å². The topological polar surface area (TPSA) is 35.5 Å². The second-order valence-electron chi connectivity index (χ2n) is 7.19. The number of benzene rings is 2. The van der Waals surface area contributed by atoms with Gasteiger partial charge in [-0.1, -0.05) is 44.2 Å². The lowest BCUT2D eigenvalue weighted by atomic mass is 9.95. The first kappa shape index (κ1) is 19.2. The first-order valence-corrected chi connectivity index (χ1v) is 8.83. The quantitative estimate of drug-likeness (QED) is 0.575. The van der Waals surface area contributed by atoms with Gasteiger partial charge in [-0.3, -0.25) is 4.79 Å². The molecular weight excluding hydrogens is 312 g/mol. The third-order valence-corrected chi connectivity index (χ3v) is 4.18. The van der Waals surface area contributed by atoms with Crippen LogP contribution in [0.4, 0.5) is 0 Å². The number of carbonyl (C=O) groups is 1. The van der Waals surface area contributed by atoms with Gasteiger partial charge in [0.15, 0.2) is 0 Å². The maximum absolute atomic E-state index is 11.2. The predicted octanol–water partition coefficient (Wildman–Crippen LogP) is 5.38. The van der Waals surface area contributed by atoms with Crippen LogP contribution in [0.1, 0.15) is 55.6 Å². The van der Waals surface area contributed by atoms with Crippen molar-refractivity contribution in [1.82, 2.24) is 0 Å². The minimum Gasteiger partial charge on any atom is -0.489 e. The molecule has 0 spiro atoms. The van der Waals surface area contributed by atoms with Gasteiger partial charge in [0.2, 0.25) is 0 Å². The smallest absolute Gasteiger partial charge is 0.150 e. The number of hydrogen-bond acceptors (Lipinski definition) is 3. The largest absolute Gasteiger partial charge is 0.489 e. The summed E-state index contributed by atoms with van der Waals surface area (Å²) >= 11 is 0. The minimum atomic E-state index is -0.528. The Labute approximate surface area is 151 Å². The molecule has 134 valence electrons. The molecule has 2 aromatic rings. The minimum absolute atomic E-state index is 0.482. The molecular formula is C22H28O3. The monoisotopic (exact) mass is 340 g/mol. The molecule has 0 heterocycles. The summed E-state index contributed by atoms with van der Waals surface area (Å²) in [6, 6.07) is 15.5. The van der Waals surface area contributed by atoms with E-state index in [1.165, 1.54) is 0 Å². The van der Waals surface area contributed by atoms with E-state index in [1.54, 1.807) is 6.07 Å². The Morgan fingerprint density at radius 3 is 2.44 bits per heavy atom. The Morgan fingerprint density at radius 2 is 1.80 bits per heavy atom. The van der Waals surface area contributed by atoms with E-state index in [4.69, 9.17) is 9.47 Å². The second kappa shape index (κ2) is 8.82. The number of rotatable bonds is 9. The zero-order valence-corrected chi connectivity index (χ0v) is 15.6. The fourth-order valence-electron chi connectivity index (χ4n) is 2.58. The zero-order chi connectivity index (χ0) is 18.3. The maximum Gasteiger partial charge on any atom is 0.150 e. The molecule has 2 aromatic carbocycles. The second-order valence-corrected chi connectivity index (χ2v) is 7.19. The average Bonchev–Trinajstić information content (AvgIpc) is 2.60. The standard InChI is InChI=1S/C22H28O3/c1-17(2)12-13-25-22(3,4)20-14-19(15-23)10-11-21(20)24-16-18-8-6-5-7-9-18/h5-11,14-15,17H,12-13,16H2,1-4H3. The summed E-state index contributed by atoms with van der Waals surface area (Å²) in [6.45, 7) is 9.55. The lowest BCUT2D eigenvalue weighted by Crippen LogP contribution is -2.24. The molecule has 0 fully saturated rings. The molecule has 3 heteroatoms. The molecule has 0 unspecified atom stereocenters. The van der Waals surface area contributed by atoms with Crippen molar-refractivity contribution >= 4 is 6.29 Å². The van der Waals surface area contributed by atoms with E-state index in [-0.39, 0.29) is 0 Å². The van der Waals surface area contributed by atoms with Crippen molar-refractivity contribution in [3.63, 3.8) is 0 Å². The van der Waals surface area contributed by atoms with Crippen molar-refractivity contribution in [1.29, 1.82) is 0 Å². The average molecular weight is 340 g/mol. The van der Waals surface area contributed by atoms with Crippen LogP contribution in [-0.2, 0) is 16.9 Å². The van der Waals surface area contributed by atoms with E-state index in [2.05, 4.69) is 13.8 Å². The molecule has 0 aliphatic carbocycles. The van der Waals surface area contributed by atoms with Crippen molar-refractivity contribution < 1.29 is 14.3 Å². The van der Waals surface area contributed by atoms with Gasteiger partial charge in [-0.05, 0) is 49.9 Å². The summed E-state index contributed by atoms with van der Waals surface area (Å²) in [5, 5.41) is 0. The molecule has 3 nitrogen and oxygen atoms in total. The normalized spacial score (nSPS) is 11.6. The van der Waals surface area contributed by atoms with Gasteiger partial charge in [0, 0.05) is 17.7 Å². The van der Waals surface area contributed by atoms with Gasteiger partial charge >= 0.3 is 0 Å². The summed E-state index contributed by atoms with van der Waals surface area (Å²) in [5.41, 5.74) is 2.10. The molecule has 0 aromatic heterocycles. The van der Waals surface area contributed by atoms with Crippen molar-refractivity contribution in [3.8, 4) is 5.75 Å². The molecule has 2 rings (SSSR count). The molecule has 0 saturated carbocycles. The summed E-state index contributed by atoms with van der Waals surface area (Å²) < 4.78 is 12.2. The van der Waals surface area contributed by atoms with Gasteiger partial charge in [0.1, 0.15) is 18.6 Å². The van der Waals surface area contributed by atoms with Crippen LogP contribution < -0.4 is 4.74 Å². The van der Waals surface area contributed by atoms with Gasteiger partial charge in [-0.2, -0.15) is 0 Å². The third-order valence-electron chi connectivity index (χ3n) is 4.18. The Hall–Kier alpha value is -2.13. The lowest BCUT2D eigenvalue weighted by Gasteiger charge is -2.28. The van der Waals surface area contributed by atoms with Gasteiger partial charge in [0.25, 0.3) is 0 Å². The zero-order valence-electron chi connectivity index (χ0n) is 15.6. The van der Waals surface area contributed by atoms with Crippen molar-refractivity contribution in [2.75, 3.05) is 6.61 Å². The highest BCUT2D eigenvalue weighted by Gasteiger charge is 2.26.